The van der Waals surface area contributed by atoms with Crippen molar-refractivity contribution in [2.75, 3.05) is 36.0 Å². The Hall–Kier alpha value is -2.96. The Morgan fingerprint density at radius 1 is 1.00 bits per heavy atom. The van der Waals surface area contributed by atoms with Crippen molar-refractivity contribution in [3.63, 3.8) is 0 Å². The number of hydrogen-bond acceptors (Lipinski definition) is 5. The molecule has 7 heteroatoms. The lowest BCUT2D eigenvalue weighted by atomic mass is 10.1. The van der Waals surface area contributed by atoms with E-state index in [0.717, 1.165) is 31.2 Å². The van der Waals surface area contributed by atoms with Gasteiger partial charge < -0.3 is 9.80 Å². The second-order valence-corrected chi connectivity index (χ2v) is 10.5. The first kappa shape index (κ1) is 21.6. The predicted molar refractivity (Wildman–Crippen MR) is 131 cm³/mol. The van der Waals surface area contributed by atoms with E-state index in [1.54, 1.807) is 4.90 Å². The van der Waals surface area contributed by atoms with Gasteiger partial charge in [0, 0.05) is 44.8 Å². The van der Waals surface area contributed by atoms with Gasteiger partial charge in [-0.25, -0.2) is 9.97 Å². The van der Waals surface area contributed by atoms with E-state index in [4.69, 9.17) is 4.98 Å². The lowest BCUT2D eigenvalue weighted by Gasteiger charge is -2.36. The molecule has 4 fully saturated rings. The Morgan fingerprint density at radius 3 is 2.35 bits per heavy atom. The van der Waals surface area contributed by atoms with Gasteiger partial charge in [-0.05, 0) is 81.0 Å². The molecule has 34 heavy (non-hydrogen) atoms. The molecule has 1 atom stereocenters. The molecule has 2 aromatic rings. The van der Waals surface area contributed by atoms with E-state index in [9.17, 15) is 9.59 Å². The van der Waals surface area contributed by atoms with Crippen molar-refractivity contribution in [1.82, 2.24) is 14.9 Å². The Kier molecular flexibility index (Phi) is 5.30. The third-order valence-corrected chi connectivity index (χ3v) is 7.88. The first-order valence-corrected chi connectivity index (χ1v) is 12.8. The molecule has 0 bridgehead atoms. The van der Waals surface area contributed by atoms with Crippen LogP contribution in [-0.4, -0.2) is 58.9 Å². The molecule has 0 aromatic carbocycles. The van der Waals surface area contributed by atoms with Crippen LogP contribution in [0.15, 0.2) is 24.4 Å². The highest BCUT2D eigenvalue weighted by Crippen LogP contribution is 2.47. The SMILES string of the molecule is Cc1nc(N2C(=O)CCC2C)ccc1C(=O)N1CCN(c2ncc(C3CC3)cc2C2CC2)CC1. The van der Waals surface area contributed by atoms with Gasteiger partial charge in [0.1, 0.15) is 11.6 Å². The van der Waals surface area contributed by atoms with Crippen LogP contribution in [0.2, 0.25) is 0 Å². The van der Waals surface area contributed by atoms with Gasteiger partial charge in [-0.1, -0.05) is 6.07 Å². The maximum absolute atomic E-state index is 13.3. The molecule has 178 valence electrons. The second kappa shape index (κ2) is 8.36. The molecular weight excluding hydrogens is 426 g/mol. The average Bonchev–Trinajstić information content (AvgIpc) is 3.76. The summed E-state index contributed by atoms with van der Waals surface area (Å²) in [6.07, 6.45) is 8.64. The molecular formula is C27H33N5O2. The molecule has 0 N–H and O–H groups in total. The first-order chi connectivity index (χ1) is 16.5. The minimum absolute atomic E-state index is 0.0245. The van der Waals surface area contributed by atoms with Crippen molar-refractivity contribution >= 4 is 23.5 Å². The van der Waals surface area contributed by atoms with Gasteiger partial charge in [0.25, 0.3) is 5.91 Å². The summed E-state index contributed by atoms with van der Waals surface area (Å²) < 4.78 is 0. The monoisotopic (exact) mass is 459 g/mol. The van der Waals surface area contributed by atoms with E-state index >= 15 is 0 Å². The number of carbonyl (C=O) groups excluding carboxylic acids is 2. The van der Waals surface area contributed by atoms with Crippen LogP contribution >= 0.6 is 0 Å². The third-order valence-electron chi connectivity index (χ3n) is 7.88. The van der Waals surface area contributed by atoms with Gasteiger partial charge >= 0.3 is 0 Å². The van der Waals surface area contributed by atoms with Crippen molar-refractivity contribution in [1.29, 1.82) is 0 Å². The number of rotatable bonds is 5. The zero-order chi connectivity index (χ0) is 23.4. The van der Waals surface area contributed by atoms with Crippen LogP contribution in [0.4, 0.5) is 11.6 Å². The summed E-state index contributed by atoms with van der Waals surface area (Å²) in [5, 5.41) is 0. The number of amides is 2. The number of aryl methyl sites for hydroxylation is 1. The van der Waals surface area contributed by atoms with E-state index < -0.39 is 0 Å². The van der Waals surface area contributed by atoms with Gasteiger partial charge in [-0.2, -0.15) is 0 Å². The van der Waals surface area contributed by atoms with E-state index in [-0.39, 0.29) is 17.9 Å². The number of hydrogen-bond donors (Lipinski definition) is 0. The molecule has 2 amide bonds. The fourth-order valence-electron chi connectivity index (χ4n) is 5.47. The lowest BCUT2D eigenvalue weighted by Crippen LogP contribution is -2.49. The molecule has 1 unspecified atom stereocenters. The van der Waals surface area contributed by atoms with Crippen LogP contribution in [0.1, 0.15) is 84.5 Å². The molecule has 2 aromatic heterocycles. The van der Waals surface area contributed by atoms with Gasteiger partial charge in [0.15, 0.2) is 0 Å². The second-order valence-electron chi connectivity index (χ2n) is 10.5. The molecule has 2 aliphatic carbocycles. The van der Waals surface area contributed by atoms with Crippen molar-refractivity contribution in [3.8, 4) is 0 Å². The highest BCUT2D eigenvalue weighted by atomic mass is 16.2. The minimum Gasteiger partial charge on any atom is -0.353 e. The molecule has 2 saturated heterocycles. The summed E-state index contributed by atoms with van der Waals surface area (Å²) in [6, 6.07) is 6.23. The number of carbonyl (C=O) groups is 2. The molecule has 2 aliphatic heterocycles. The minimum atomic E-state index is 0.0245. The van der Waals surface area contributed by atoms with E-state index in [2.05, 4.69) is 22.1 Å². The summed E-state index contributed by atoms with van der Waals surface area (Å²) in [5.74, 6) is 3.31. The van der Waals surface area contributed by atoms with Crippen LogP contribution < -0.4 is 9.80 Å². The standard InChI is InChI=1S/C27H33N5O2/c1-17-3-10-25(33)32(17)24-9-8-22(18(2)29-24)27(34)31-13-11-30(12-14-31)26-23(20-6-7-20)15-21(16-28-26)19-4-5-19/h8-9,15-17,19-20H,3-7,10-14H2,1-2H3. The molecule has 4 aliphatic rings. The summed E-state index contributed by atoms with van der Waals surface area (Å²) in [4.78, 5) is 41.1. The Morgan fingerprint density at radius 2 is 1.74 bits per heavy atom. The fraction of sp³-hybridized carbons (Fsp3) is 0.556. The molecule has 0 radical (unpaired) electrons. The molecule has 0 spiro atoms. The van der Waals surface area contributed by atoms with Crippen molar-refractivity contribution in [2.24, 2.45) is 0 Å². The molecule has 4 heterocycles. The zero-order valence-corrected chi connectivity index (χ0v) is 20.2. The van der Waals surface area contributed by atoms with E-state index in [1.165, 1.54) is 36.8 Å². The normalized spacial score (nSPS) is 23.1. The van der Waals surface area contributed by atoms with Gasteiger partial charge in [-0.3, -0.25) is 14.5 Å². The Balaban J connectivity index is 1.14. The maximum atomic E-state index is 13.3. The first-order valence-electron chi connectivity index (χ1n) is 12.8. The average molecular weight is 460 g/mol. The molecule has 7 nitrogen and oxygen atoms in total. The highest BCUT2D eigenvalue weighted by Gasteiger charge is 2.34. The molecule has 2 saturated carbocycles. The number of nitrogens with zero attached hydrogens (tertiary/aromatic N) is 5. The fourth-order valence-corrected chi connectivity index (χ4v) is 5.47. The van der Waals surface area contributed by atoms with E-state index in [1.807, 2.05) is 30.9 Å². The topological polar surface area (TPSA) is 69.6 Å². The largest absolute Gasteiger partial charge is 0.353 e. The van der Waals surface area contributed by atoms with Crippen molar-refractivity contribution in [3.05, 3.63) is 46.8 Å². The predicted octanol–water partition coefficient (Wildman–Crippen LogP) is 4.02. The summed E-state index contributed by atoms with van der Waals surface area (Å²) in [7, 11) is 0. The number of anilines is 2. The van der Waals surface area contributed by atoms with Crippen LogP contribution in [-0.2, 0) is 4.79 Å². The van der Waals surface area contributed by atoms with Crippen LogP contribution in [0, 0.1) is 6.92 Å². The number of piperazine rings is 1. The quantitative estimate of drug-likeness (QED) is 0.676. The summed E-state index contributed by atoms with van der Waals surface area (Å²) >= 11 is 0. The summed E-state index contributed by atoms with van der Waals surface area (Å²) in [5.41, 5.74) is 4.15. The maximum Gasteiger partial charge on any atom is 0.255 e. The van der Waals surface area contributed by atoms with Crippen LogP contribution in [0.5, 0.6) is 0 Å². The van der Waals surface area contributed by atoms with Crippen LogP contribution in [0.3, 0.4) is 0 Å². The summed E-state index contributed by atoms with van der Waals surface area (Å²) in [6.45, 7) is 6.86. The van der Waals surface area contributed by atoms with Gasteiger partial charge in [0.05, 0.1) is 11.3 Å². The number of aromatic nitrogens is 2. The smallest absolute Gasteiger partial charge is 0.255 e. The van der Waals surface area contributed by atoms with Crippen molar-refractivity contribution in [2.45, 2.75) is 70.3 Å². The zero-order valence-electron chi connectivity index (χ0n) is 20.2. The Labute approximate surface area is 201 Å². The van der Waals surface area contributed by atoms with E-state index in [0.29, 0.717) is 42.5 Å². The van der Waals surface area contributed by atoms with Crippen molar-refractivity contribution < 1.29 is 9.59 Å². The number of pyridine rings is 2. The molecule has 6 rings (SSSR count). The lowest BCUT2D eigenvalue weighted by molar-refractivity contribution is -0.117. The highest BCUT2D eigenvalue weighted by molar-refractivity contribution is 5.97. The Bertz CT molecular complexity index is 1130. The van der Waals surface area contributed by atoms with Crippen LogP contribution in [0.25, 0.3) is 0 Å². The third kappa shape index (κ3) is 3.95. The van der Waals surface area contributed by atoms with Gasteiger partial charge in [0.2, 0.25) is 5.91 Å². The van der Waals surface area contributed by atoms with Gasteiger partial charge in [-0.15, -0.1) is 0 Å².